The standard InChI is InChI=1S/C16H25ClN2OS/c1-11(17)15-12(2)18-19(13(15)3)14-4-7-20-16(10-14)5-8-21-9-6-16/h11,14H,4-10H2,1-3H3. The molecule has 2 saturated heterocycles. The molecule has 0 aliphatic carbocycles. The fraction of sp³-hybridized carbons (Fsp3) is 0.812. The summed E-state index contributed by atoms with van der Waals surface area (Å²) in [5.41, 5.74) is 3.63. The van der Waals surface area contributed by atoms with Crippen LogP contribution in [0.2, 0.25) is 0 Å². The molecule has 2 aliphatic rings. The number of aryl methyl sites for hydroxylation is 1. The Hall–Kier alpha value is -0.190. The van der Waals surface area contributed by atoms with E-state index in [4.69, 9.17) is 21.4 Å². The Bertz CT molecular complexity index is 503. The van der Waals surface area contributed by atoms with Crippen LogP contribution in [0.3, 0.4) is 0 Å². The maximum Gasteiger partial charge on any atom is 0.0718 e. The van der Waals surface area contributed by atoms with Gasteiger partial charge in [-0.25, -0.2) is 0 Å². The molecule has 0 bridgehead atoms. The van der Waals surface area contributed by atoms with Gasteiger partial charge in [-0.2, -0.15) is 16.9 Å². The number of halogens is 1. The minimum atomic E-state index is 0.0265. The third kappa shape index (κ3) is 2.99. The van der Waals surface area contributed by atoms with Gasteiger partial charge >= 0.3 is 0 Å². The maximum absolute atomic E-state index is 6.33. The van der Waals surface area contributed by atoms with Gasteiger partial charge < -0.3 is 4.74 Å². The summed E-state index contributed by atoms with van der Waals surface area (Å²) < 4.78 is 8.43. The Morgan fingerprint density at radius 3 is 2.71 bits per heavy atom. The molecule has 2 atom stereocenters. The molecular formula is C16H25ClN2OS. The summed E-state index contributed by atoms with van der Waals surface area (Å²) in [6.07, 6.45) is 4.54. The van der Waals surface area contributed by atoms with E-state index in [0.717, 1.165) is 25.1 Å². The van der Waals surface area contributed by atoms with Gasteiger partial charge in [-0.3, -0.25) is 4.68 Å². The van der Waals surface area contributed by atoms with E-state index in [2.05, 4.69) is 30.3 Å². The van der Waals surface area contributed by atoms with Crippen molar-refractivity contribution in [2.45, 2.75) is 63.5 Å². The van der Waals surface area contributed by atoms with Crippen LogP contribution >= 0.6 is 23.4 Å². The third-order valence-electron chi connectivity index (χ3n) is 5.00. The quantitative estimate of drug-likeness (QED) is 0.752. The van der Waals surface area contributed by atoms with E-state index in [0.29, 0.717) is 6.04 Å². The van der Waals surface area contributed by atoms with Gasteiger partial charge in [-0.1, -0.05) is 0 Å². The molecule has 2 aliphatic heterocycles. The van der Waals surface area contributed by atoms with Gasteiger partial charge in [0.1, 0.15) is 0 Å². The van der Waals surface area contributed by atoms with E-state index in [1.54, 1.807) is 0 Å². The van der Waals surface area contributed by atoms with Gasteiger partial charge in [0.15, 0.2) is 0 Å². The first-order chi connectivity index (χ1) is 10.0. The summed E-state index contributed by atoms with van der Waals surface area (Å²) in [4.78, 5) is 0. The molecule has 21 heavy (non-hydrogen) atoms. The topological polar surface area (TPSA) is 27.1 Å². The first kappa shape index (κ1) is 15.7. The number of rotatable bonds is 2. The Kier molecular flexibility index (Phi) is 4.58. The fourth-order valence-electron chi connectivity index (χ4n) is 3.91. The van der Waals surface area contributed by atoms with Gasteiger partial charge in [-0.05, 0) is 58.0 Å². The number of hydrogen-bond donors (Lipinski definition) is 0. The predicted molar refractivity (Wildman–Crippen MR) is 89.5 cm³/mol. The van der Waals surface area contributed by atoms with Crippen molar-refractivity contribution in [2.24, 2.45) is 0 Å². The molecule has 118 valence electrons. The Morgan fingerprint density at radius 2 is 2.10 bits per heavy atom. The van der Waals surface area contributed by atoms with E-state index in [1.807, 2.05) is 6.92 Å². The van der Waals surface area contributed by atoms with Crippen molar-refractivity contribution in [1.29, 1.82) is 0 Å². The monoisotopic (exact) mass is 328 g/mol. The highest BCUT2D eigenvalue weighted by molar-refractivity contribution is 7.99. The molecule has 0 saturated carbocycles. The summed E-state index contributed by atoms with van der Waals surface area (Å²) in [5, 5.41) is 4.83. The first-order valence-electron chi connectivity index (χ1n) is 7.94. The lowest BCUT2D eigenvalue weighted by Crippen LogP contribution is -2.43. The SMILES string of the molecule is Cc1nn(C2CCOC3(CCSCC3)C2)c(C)c1C(C)Cl. The lowest BCUT2D eigenvalue weighted by molar-refractivity contribution is -0.100. The minimum absolute atomic E-state index is 0.0265. The van der Waals surface area contributed by atoms with E-state index >= 15 is 0 Å². The maximum atomic E-state index is 6.33. The van der Waals surface area contributed by atoms with Gasteiger partial charge in [0.2, 0.25) is 0 Å². The van der Waals surface area contributed by atoms with Crippen molar-refractivity contribution >= 4 is 23.4 Å². The second-order valence-corrected chi connectivity index (χ2v) is 8.31. The third-order valence-corrected chi connectivity index (χ3v) is 6.20. The smallest absolute Gasteiger partial charge is 0.0718 e. The van der Waals surface area contributed by atoms with E-state index in [1.165, 1.54) is 35.6 Å². The number of ether oxygens (including phenoxy) is 1. The highest BCUT2D eigenvalue weighted by atomic mass is 35.5. The summed E-state index contributed by atoms with van der Waals surface area (Å²) in [6, 6.07) is 0.463. The number of alkyl halides is 1. The molecule has 3 rings (SSSR count). The van der Waals surface area contributed by atoms with Crippen LogP contribution in [-0.4, -0.2) is 33.5 Å². The van der Waals surface area contributed by atoms with Crippen LogP contribution in [0.5, 0.6) is 0 Å². The molecule has 3 nitrogen and oxygen atoms in total. The van der Waals surface area contributed by atoms with Crippen LogP contribution in [0.25, 0.3) is 0 Å². The molecule has 5 heteroatoms. The van der Waals surface area contributed by atoms with Gasteiger partial charge in [0.25, 0.3) is 0 Å². The molecule has 0 radical (unpaired) electrons. The number of aromatic nitrogens is 2. The Labute approximate surface area is 136 Å². The van der Waals surface area contributed by atoms with Crippen molar-refractivity contribution in [3.63, 3.8) is 0 Å². The summed E-state index contributed by atoms with van der Waals surface area (Å²) >= 11 is 8.38. The van der Waals surface area contributed by atoms with Crippen LogP contribution in [0.4, 0.5) is 0 Å². The molecule has 0 N–H and O–H groups in total. The van der Waals surface area contributed by atoms with Crippen molar-refractivity contribution in [1.82, 2.24) is 9.78 Å². The summed E-state index contributed by atoms with van der Waals surface area (Å²) in [5.74, 6) is 2.46. The zero-order valence-corrected chi connectivity index (χ0v) is 14.8. The van der Waals surface area contributed by atoms with Gasteiger partial charge in [0, 0.05) is 17.9 Å². The van der Waals surface area contributed by atoms with Gasteiger partial charge in [0.05, 0.1) is 22.7 Å². The van der Waals surface area contributed by atoms with Crippen LogP contribution in [-0.2, 0) is 4.74 Å². The first-order valence-corrected chi connectivity index (χ1v) is 9.53. The zero-order chi connectivity index (χ0) is 15.0. The largest absolute Gasteiger partial charge is 0.375 e. The Morgan fingerprint density at radius 1 is 1.38 bits per heavy atom. The molecular weight excluding hydrogens is 304 g/mol. The zero-order valence-electron chi connectivity index (χ0n) is 13.2. The molecule has 2 unspecified atom stereocenters. The van der Waals surface area contributed by atoms with E-state index in [-0.39, 0.29) is 11.0 Å². The Balaban J connectivity index is 1.85. The number of nitrogens with zero attached hydrogens (tertiary/aromatic N) is 2. The normalized spacial score (nSPS) is 27.0. The molecule has 0 aromatic carbocycles. The van der Waals surface area contributed by atoms with E-state index < -0.39 is 0 Å². The highest BCUT2D eigenvalue weighted by Crippen LogP contribution is 2.42. The fourth-order valence-corrected chi connectivity index (χ4v) is 5.46. The average molecular weight is 329 g/mol. The minimum Gasteiger partial charge on any atom is -0.375 e. The lowest BCUT2D eigenvalue weighted by atomic mass is 9.85. The summed E-state index contributed by atoms with van der Waals surface area (Å²) in [7, 11) is 0. The van der Waals surface area contributed by atoms with Crippen LogP contribution in [0.15, 0.2) is 0 Å². The van der Waals surface area contributed by atoms with Crippen LogP contribution < -0.4 is 0 Å². The second-order valence-electron chi connectivity index (χ2n) is 6.44. The molecule has 3 heterocycles. The molecule has 1 spiro atoms. The second kappa shape index (κ2) is 6.13. The van der Waals surface area contributed by atoms with Crippen LogP contribution in [0, 0.1) is 13.8 Å². The van der Waals surface area contributed by atoms with Crippen molar-refractivity contribution < 1.29 is 4.74 Å². The van der Waals surface area contributed by atoms with Crippen LogP contribution in [0.1, 0.15) is 61.0 Å². The van der Waals surface area contributed by atoms with Gasteiger partial charge in [-0.15, -0.1) is 11.6 Å². The molecule has 2 fully saturated rings. The van der Waals surface area contributed by atoms with Crippen molar-refractivity contribution in [3.05, 3.63) is 17.0 Å². The number of hydrogen-bond acceptors (Lipinski definition) is 3. The molecule has 1 aromatic rings. The van der Waals surface area contributed by atoms with E-state index in [9.17, 15) is 0 Å². The molecule has 1 aromatic heterocycles. The van der Waals surface area contributed by atoms with Crippen molar-refractivity contribution in [2.75, 3.05) is 18.1 Å². The highest BCUT2D eigenvalue weighted by Gasteiger charge is 2.40. The van der Waals surface area contributed by atoms with Crippen molar-refractivity contribution in [3.8, 4) is 0 Å². The summed E-state index contributed by atoms with van der Waals surface area (Å²) in [6.45, 7) is 7.13. The lowest BCUT2D eigenvalue weighted by Gasteiger charge is -2.43. The number of thioether (sulfide) groups is 1. The average Bonchev–Trinajstić information content (AvgIpc) is 2.75. The predicted octanol–water partition coefficient (Wildman–Crippen LogP) is 4.42. The molecule has 0 amide bonds.